The summed E-state index contributed by atoms with van der Waals surface area (Å²) in [7, 11) is 0. The highest BCUT2D eigenvalue weighted by atomic mass is 35.5. The third kappa shape index (κ3) is 3.45. The zero-order valence-corrected chi connectivity index (χ0v) is 11.7. The normalized spacial score (nSPS) is 10.3. The molecule has 0 aliphatic carbocycles. The first kappa shape index (κ1) is 14.3. The molecule has 0 fully saturated rings. The summed E-state index contributed by atoms with van der Waals surface area (Å²) in [6.07, 6.45) is 2.46. The summed E-state index contributed by atoms with van der Waals surface area (Å²) in [5.41, 5.74) is 0.682. The van der Waals surface area contributed by atoms with Gasteiger partial charge in [-0.25, -0.2) is 4.98 Å². The molecule has 2 rings (SSSR count). The average Bonchev–Trinajstić information content (AvgIpc) is 2.43. The molecule has 2 aromatic heterocycles. The second-order valence-electron chi connectivity index (χ2n) is 4.25. The number of pyridine rings is 2. The van der Waals surface area contributed by atoms with E-state index in [2.05, 4.69) is 10.3 Å². The monoisotopic (exact) mass is 291 g/mol. The minimum atomic E-state index is -0.366. The van der Waals surface area contributed by atoms with Gasteiger partial charge in [0, 0.05) is 18.8 Å². The van der Waals surface area contributed by atoms with Gasteiger partial charge < -0.3 is 9.88 Å². The molecule has 0 unspecified atom stereocenters. The Hall–Kier alpha value is -2.14. The van der Waals surface area contributed by atoms with E-state index in [4.69, 9.17) is 11.6 Å². The maximum Gasteiger partial charge on any atom is 0.274 e. The Labute approximate surface area is 121 Å². The van der Waals surface area contributed by atoms with E-state index in [1.54, 1.807) is 35.0 Å². The van der Waals surface area contributed by atoms with E-state index in [0.29, 0.717) is 12.2 Å². The molecule has 0 atom stereocenters. The van der Waals surface area contributed by atoms with E-state index in [9.17, 15) is 9.59 Å². The summed E-state index contributed by atoms with van der Waals surface area (Å²) in [5.74, 6) is -0.366. The maximum absolute atomic E-state index is 12.0. The number of rotatable bonds is 4. The van der Waals surface area contributed by atoms with Gasteiger partial charge in [-0.05, 0) is 24.6 Å². The summed E-state index contributed by atoms with van der Waals surface area (Å²) in [5, 5.41) is 2.95. The van der Waals surface area contributed by atoms with Crippen molar-refractivity contribution in [3.05, 3.63) is 57.7 Å². The highest BCUT2D eigenvalue weighted by molar-refractivity contribution is 6.29. The molecular formula is C14H14ClN3O2. The van der Waals surface area contributed by atoms with Crippen molar-refractivity contribution in [2.45, 2.75) is 19.9 Å². The van der Waals surface area contributed by atoms with Crippen LogP contribution in [0.5, 0.6) is 0 Å². The Kier molecular flexibility index (Phi) is 4.53. The highest BCUT2D eigenvalue weighted by Crippen LogP contribution is 2.09. The topological polar surface area (TPSA) is 64.0 Å². The zero-order chi connectivity index (χ0) is 14.5. The summed E-state index contributed by atoms with van der Waals surface area (Å²) in [6, 6.07) is 7.82. The summed E-state index contributed by atoms with van der Waals surface area (Å²) < 4.78 is 1.56. The van der Waals surface area contributed by atoms with E-state index < -0.39 is 0 Å². The van der Waals surface area contributed by atoms with Crippen LogP contribution in [0, 0.1) is 0 Å². The lowest BCUT2D eigenvalue weighted by molar-refractivity contribution is 0.102. The summed E-state index contributed by atoms with van der Waals surface area (Å²) >= 11 is 5.74. The number of nitrogens with zero attached hydrogens (tertiary/aromatic N) is 2. The molecule has 104 valence electrons. The molecule has 0 spiro atoms. The van der Waals surface area contributed by atoms with Gasteiger partial charge in [0.25, 0.3) is 11.5 Å². The maximum atomic E-state index is 12.0. The van der Waals surface area contributed by atoms with Crippen molar-refractivity contribution in [3.63, 3.8) is 0 Å². The standard InChI is InChI=1S/C14H14ClN3O2/c1-2-8-18-9-10(6-7-13(18)19)16-14(20)11-4-3-5-12(15)17-11/h3-7,9H,2,8H2,1H3,(H,16,20). The summed E-state index contributed by atoms with van der Waals surface area (Å²) in [6.45, 7) is 2.59. The van der Waals surface area contributed by atoms with Crippen molar-refractivity contribution in [3.8, 4) is 0 Å². The van der Waals surface area contributed by atoms with Crippen LogP contribution in [0.4, 0.5) is 5.69 Å². The highest BCUT2D eigenvalue weighted by Gasteiger charge is 2.08. The summed E-state index contributed by atoms with van der Waals surface area (Å²) in [4.78, 5) is 27.5. The van der Waals surface area contributed by atoms with Gasteiger partial charge in [-0.3, -0.25) is 9.59 Å². The van der Waals surface area contributed by atoms with Crippen LogP contribution in [0.3, 0.4) is 0 Å². The largest absolute Gasteiger partial charge is 0.319 e. The second-order valence-corrected chi connectivity index (χ2v) is 4.64. The van der Waals surface area contributed by atoms with Gasteiger partial charge in [0.05, 0.1) is 5.69 Å². The molecule has 0 saturated carbocycles. The van der Waals surface area contributed by atoms with Gasteiger partial charge in [-0.1, -0.05) is 24.6 Å². The van der Waals surface area contributed by atoms with Crippen molar-refractivity contribution in [1.29, 1.82) is 0 Å². The number of carbonyl (C=O) groups is 1. The zero-order valence-electron chi connectivity index (χ0n) is 11.0. The molecular weight excluding hydrogens is 278 g/mol. The quantitative estimate of drug-likeness (QED) is 0.881. The number of aryl methyl sites for hydroxylation is 1. The molecule has 0 aromatic carbocycles. The molecule has 1 N–H and O–H groups in total. The van der Waals surface area contributed by atoms with Gasteiger partial charge >= 0.3 is 0 Å². The SMILES string of the molecule is CCCn1cc(NC(=O)c2cccc(Cl)n2)ccc1=O. The molecule has 0 saturated heterocycles. The first-order valence-corrected chi connectivity index (χ1v) is 6.62. The lowest BCUT2D eigenvalue weighted by atomic mass is 10.3. The third-order valence-corrected chi connectivity index (χ3v) is 2.86. The number of hydrogen-bond acceptors (Lipinski definition) is 3. The van der Waals surface area contributed by atoms with Crippen molar-refractivity contribution >= 4 is 23.2 Å². The van der Waals surface area contributed by atoms with E-state index in [1.165, 1.54) is 6.07 Å². The number of carbonyl (C=O) groups excluding carboxylic acids is 1. The molecule has 0 bridgehead atoms. The number of hydrogen-bond donors (Lipinski definition) is 1. The Morgan fingerprint density at radius 3 is 2.85 bits per heavy atom. The van der Waals surface area contributed by atoms with Gasteiger partial charge in [0.1, 0.15) is 10.8 Å². The predicted molar refractivity (Wildman–Crippen MR) is 78.2 cm³/mol. The Balaban J connectivity index is 2.19. The van der Waals surface area contributed by atoms with Crippen LogP contribution in [-0.4, -0.2) is 15.5 Å². The lowest BCUT2D eigenvalue weighted by Gasteiger charge is -2.08. The van der Waals surface area contributed by atoms with E-state index >= 15 is 0 Å². The molecule has 1 amide bonds. The van der Waals surface area contributed by atoms with Gasteiger partial charge in [0.2, 0.25) is 0 Å². The average molecular weight is 292 g/mol. The number of anilines is 1. The van der Waals surface area contributed by atoms with Gasteiger partial charge in [-0.15, -0.1) is 0 Å². The number of halogens is 1. The Morgan fingerprint density at radius 2 is 2.15 bits per heavy atom. The molecule has 0 aliphatic rings. The molecule has 2 aromatic rings. The molecule has 0 radical (unpaired) electrons. The van der Waals surface area contributed by atoms with Crippen LogP contribution in [-0.2, 0) is 6.54 Å². The number of nitrogens with one attached hydrogen (secondary N) is 1. The smallest absolute Gasteiger partial charge is 0.274 e. The minimum Gasteiger partial charge on any atom is -0.319 e. The van der Waals surface area contributed by atoms with Crippen molar-refractivity contribution in [2.75, 3.05) is 5.32 Å². The van der Waals surface area contributed by atoms with Crippen molar-refractivity contribution < 1.29 is 4.79 Å². The Morgan fingerprint density at radius 1 is 1.35 bits per heavy atom. The fourth-order valence-electron chi connectivity index (χ4n) is 1.75. The van der Waals surface area contributed by atoms with Crippen LogP contribution in [0.1, 0.15) is 23.8 Å². The Bertz CT molecular complexity index is 682. The molecule has 0 aliphatic heterocycles. The predicted octanol–water partition coefficient (Wildman–Crippen LogP) is 2.56. The number of aromatic nitrogens is 2. The van der Waals surface area contributed by atoms with Gasteiger partial charge in [0.15, 0.2) is 0 Å². The fraction of sp³-hybridized carbons (Fsp3) is 0.214. The molecule has 6 heteroatoms. The van der Waals surface area contributed by atoms with E-state index in [0.717, 1.165) is 6.42 Å². The van der Waals surface area contributed by atoms with E-state index in [-0.39, 0.29) is 22.3 Å². The molecule has 2 heterocycles. The van der Waals surface area contributed by atoms with Crippen LogP contribution in [0.25, 0.3) is 0 Å². The van der Waals surface area contributed by atoms with Crippen LogP contribution in [0.2, 0.25) is 5.15 Å². The minimum absolute atomic E-state index is 0.0919. The number of amides is 1. The molecule has 20 heavy (non-hydrogen) atoms. The van der Waals surface area contributed by atoms with Crippen LogP contribution < -0.4 is 10.9 Å². The van der Waals surface area contributed by atoms with Gasteiger partial charge in [-0.2, -0.15) is 0 Å². The lowest BCUT2D eigenvalue weighted by Crippen LogP contribution is -2.20. The fourth-order valence-corrected chi connectivity index (χ4v) is 1.91. The van der Waals surface area contributed by atoms with Crippen LogP contribution in [0.15, 0.2) is 41.3 Å². The third-order valence-electron chi connectivity index (χ3n) is 2.65. The first-order valence-electron chi connectivity index (χ1n) is 6.24. The molecule has 5 nitrogen and oxygen atoms in total. The van der Waals surface area contributed by atoms with Crippen molar-refractivity contribution in [2.24, 2.45) is 0 Å². The van der Waals surface area contributed by atoms with Crippen molar-refractivity contribution in [1.82, 2.24) is 9.55 Å². The second kappa shape index (κ2) is 6.34. The first-order chi connectivity index (χ1) is 9.60. The van der Waals surface area contributed by atoms with Crippen LogP contribution >= 0.6 is 11.6 Å². The van der Waals surface area contributed by atoms with E-state index in [1.807, 2.05) is 6.92 Å².